The Kier molecular flexibility index (Phi) is 8.34. The largest absolute Gasteiger partial charge is 0.673 e. The molecular weight excluding hydrogens is 510 g/mol. The maximum Gasteiger partial charge on any atom is 0.673 e. The predicted molar refractivity (Wildman–Crippen MR) is 128 cm³/mol. The third-order valence-electron chi connectivity index (χ3n) is 4.85. The molecule has 0 aliphatic carbocycles. The maximum atomic E-state index is 9.75. The lowest BCUT2D eigenvalue weighted by Crippen LogP contribution is -2.32. The SMILES string of the molecule is C[n+]1c(-c2cc[n+](-c3ccccc3)c3ccccc23)sc2ccccc21.F[B-](F)(F)F.F[B-](F)(F)F. The molecule has 5 aromatic rings. The smallest absolute Gasteiger partial charge is 0.418 e. The lowest BCUT2D eigenvalue weighted by molar-refractivity contribution is -0.629. The molecule has 0 N–H and O–H groups in total. The summed E-state index contributed by atoms with van der Waals surface area (Å²) in [5.41, 5.74) is 4.94. The number of halogens is 8. The lowest BCUT2D eigenvalue weighted by atomic mass is 10.1. The molecule has 0 aliphatic heterocycles. The van der Waals surface area contributed by atoms with Gasteiger partial charge < -0.3 is 34.5 Å². The molecule has 0 bridgehead atoms. The lowest BCUT2D eigenvalue weighted by Gasteiger charge is -2.04. The molecule has 2 heterocycles. The van der Waals surface area contributed by atoms with Crippen LogP contribution in [0.4, 0.5) is 34.5 Å². The average Bonchev–Trinajstić information content (AvgIpc) is 3.13. The highest BCUT2D eigenvalue weighted by atomic mass is 32.1. The zero-order valence-corrected chi connectivity index (χ0v) is 19.5. The van der Waals surface area contributed by atoms with E-state index in [9.17, 15) is 34.5 Å². The van der Waals surface area contributed by atoms with Crippen LogP contribution in [0.2, 0.25) is 0 Å². The first-order valence-corrected chi connectivity index (χ1v) is 11.3. The summed E-state index contributed by atoms with van der Waals surface area (Å²) >= 11 is 1.85. The van der Waals surface area contributed by atoms with Gasteiger partial charge in [-0.25, -0.2) is 0 Å². The molecule has 0 unspecified atom stereocenters. The number of benzene rings is 3. The molecule has 2 aromatic heterocycles. The molecule has 188 valence electrons. The highest BCUT2D eigenvalue weighted by Crippen LogP contribution is 2.32. The minimum Gasteiger partial charge on any atom is -0.418 e. The summed E-state index contributed by atoms with van der Waals surface area (Å²) in [6.07, 6.45) is 2.18. The summed E-state index contributed by atoms with van der Waals surface area (Å²) in [6, 6.07) is 30.0. The second-order valence-corrected chi connectivity index (χ2v) is 8.41. The van der Waals surface area contributed by atoms with Gasteiger partial charge in [-0.3, -0.25) is 0 Å². The Hall–Kier alpha value is -3.47. The summed E-state index contributed by atoms with van der Waals surface area (Å²) in [6.45, 7) is 0. The van der Waals surface area contributed by atoms with E-state index in [2.05, 4.69) is 107 Å². The molecule has 0 saturated heterocycles. The van der Waals surface area contributed by atoms with Gasteiger partial charge in [0.1, 0.15) is 11.7 Å². The second-order valence-electron chi connectivity index (χ2n) is 7.38. The van der Waals surface area contributed by atoms with E-state index in [0.29, 0.717) is 0 Å². The van der Waals surface area contributed by atoms with E-state index in [0.717, 1.165) is 0 Å². The van der Waals surface area contributed by atoms with Crippen LogP contribution < -0.4 is 9.13 Å². The number of aromatic nitrogens is 2. The van der Waals surface area contributed by atoms with Gasteiger partial charge in [-0.05, 0) is 12.1 Å². The Bertz CT molecular complexity index is 1430. The van der Waals surface area contributed by atoms with Crippen LogP contribution in [0.3, 0.4) is 0 Å². The normalized spacial score (nSPS) is 11.5. The molecule has 36 heavy (non-hydrogen) atoms. The molecule has 3 aromatic carbocycles. The van der Waals surface area contributed by atoms with Gasteiger partial charge in [-0.15, -0.1) is 0 Å². The molecule has 0 fully saturated rings. The van der Waals surface area contributed by atoms with Crippen LogP contribution in [0.15, 0.2) is 91.1 Å². The predicted octanol–water partition coefficient (Wildman–Crippen LogP) is 7.42. The van der Waals surface area contributed by atoms with Crippen molar-refractivity contribution in [2.75, 3.05) is 0 Å². The number of hydrogen-bond acceptors (Lipinski definition) is 1. The zero-order valence-electron chi connectivity index (χ0n) is 18.6. The number of rotatable bonds is 2. The summed E-state index contributed by atoms with van der Waals surface area (Å²) in [5.74, 6) is 0. The quantitative estimate of drug-likeness (QED) is 0.128. The highest BCUT2D eigenvalue weighted by molar-refractivity contribution is 7.21. The van der Waals surface area contributed by atoms with Gasteiger partial charge in [0.05, 0.1) is 10.9 Å². The fourth-order valence-corrected chi connectivity index (χ4v) is 4.76. The van der Waals surface area contributed by atoms with Crippen LogP contribution in [-0.4, -0.2) is 14.5 Å². The number of fused-ring (bicyclic) bond motifs is 2. The fourth-order valence-electron chi connectivity index (χ4n) is 3.57. The standard InChI is InChI=1S/C23H18N2S.2BF4/c1-24-21-13-7-8-14-22(21)26-23(24)19-15-16-25(17-9-3-2-4-10-17)20-12-6-5-11-18(19)20;2*2-1(3,4)5/h2-16H,1H3;;/q+2;2*-1. The summed E-state index contributed by atoms with van der Waals surface area (Å²) < 4.78 is 83.9. The molecule has 0 radical (unpaired) electrons. The number of thiazole rings is 1. The minimum absolute atomic E-state index is 1.18. The van der Waals surface area contributed by atoms with E-state index < -0.39 is 14.5 Å². The average molecular weight is 528 g/mol. The number of aryl methyl sites for hydroxylation is 1. The molecule has 2 nitrogen and oxygen atoms in total. The number of nitrogens with zero attached hydrogens (tertiary/aromatic N) is 2. The third-order valence-corrected chi connectivity index (χ3v) is 6.10. The van der Waals surface area contributed by atoms with E-state index in [-0.39, 0.29) is 0 Å². The van der Waals surface area contributed by atoms with Crippen LogP contribution in [-0.2, 0) is 7.05 Å². The van der Waals surface area contributed by atoms with E-state index in [1.807, 2.05) is 11.3 Å². The van der Waals surface area contributed by atoms with Gasteiger partial charge in [0.2, 0.25) is 16.7 Å². The topological polar surface area (TPSA) is 7.76 Å². The maximum absolute atomic E-state index is 9.75. The minimum atomic E-state index is -6.00. The Morgan fingerprint density at radius 1 is 0.611 bits per heavy atom. The Balaban J connectivity index is 0.000000310. The van der Waals surface area contributed by atoms with E-state index in [1.165, 1.54) is 37.4 Å². The van der Waals surface area contributed by atoms with Crippen molar-refractivity contribution >= 4 is 47.0 Å². The van der Waals surface area contributed by atoms with Crippen molar-refractivity contribution in [2.45, 2.75) is 0 Å². The fraction of sp³-hybridized carbons (Fsp3) is 0.0435. The van der Waals surface area contributed by atoms with Crippen molar-refractivity contribution in [2.24, 2.45) is 7.05 Å². The molecule has 0 atom stereocenters. The Labute approximate surface area is 205 Å². The molecule has 0 amide bonds. The molecule has 0 saturated carbocycles. The van der Waals surface area contributed by atoms with E-state index in [1.54, 1.807) is 0 Å². The number of pyridine rings is 1. The second kappa shape index (κ2) is 11.1. The first-order valence-electron chi connectivity index (χ1n) is 10.4. The van der Waals surface area contributed by atoms with Gasteiger partial charge in [0.25, 0.3) is 5.01 Å². The summed E-state index contributed by atoms with van der Waals surface area (Å²) in [4.78, 5) is 0. The van der Waals surface area contributed by atoms with Gasteiger partial charge in [-0.2, -0.15) is 9.13 Å². The van der Waals surface area contributed by atoms with E-state index >= 15 is 0 Å². The van der Waals surface area contributed by atoms with Crippen LogP contribution in [0, 0.1) is 0 Å². The number of hydrogen-bond donors (Lipinski definition) is 0. The first-order chi connectivity index (χ1) is 16.8. The van der Waals surface area contributed by atoms with Gasteiger partial charge >= 0.3 is 14.5 Å². The van der Waals surface area contributed by atoms with Crippen molar-refractivity contribution in [3.8, 4) is 16.3 Å². The van der Waals surface area contributed by atoms with Crippen molar-refractivity contribution < 1.29 is 43.7 Å². The highest BCUT2D eigenvalue weighted by Gasteiger charge is 2.24. The van der Waals surface area contributed by atoms with Crippen LogP contribution in [0.25, 0.3) is 37.4 Å². The van der Waals surface area contributed by atoms with Crippen LogP contribution in [0.1, 0.15) is 0 Å². The van der Waals surface area contributed by atoms with Crippen molar-refractivity contribution in [1.82, 2.24) is 0 Å². The molecular formula is C23H18B2F8N2S. The van der Waals surface area contributed by atoms with E-state index in [4.69, 9.17) is 0 Å². The van der Waals surface area contributed by atoms with Crippen LogP contribution in [0.5, 0.6) is 0 Å². The zero-order chi connectivity index (χ0) is 26.5. The Morgan fingerprint density at radius 2 is 1.11 bits per heavy atom. The molecule has 0 spiro atoms. The van der Waals surface area contributed by atoms with Gasteiger partial charge in [0, 0.05) is 30.3 Å². The van der Waals surface area contributed by atoms with Crippen molar-refractivity contribution in [3.63, 3.8) is 0 Å². The molecule has 5 rings (SSSR count). The monoisotopic (exact) mass is 528 g/mol. The van der Waals surface area contributed by atoms with Gasteiger partial charge in [0.15, 0.2) is 6.20 Å². The summed E-state index contributed by atoms with van der Waals surface area (Å²) in [5, 5.41) is 2.55. The molecule has 13 heteroatoms. The van der Waals surface area contributed by atoms with Gasteiger partial charge in [-0.1, -0.05) is 53.8 Å². The third kappa shape index (κ3) is 7.51. The van der Waals surface area contributed by atoms with Crippen molar-refractivity contribution in [1.29, 1.82) is 0 Å². The Morgan fingerprint density at radius 3 is 1.69 bits per heavy atom. The van der Waals surface area contributed by atoms with Crippen molar-refractivity contribution in [3.05, 3.63) is 91.1 Å². The summed E-state index contributed by atoms with van der Waals surface area (Å²) in [7, 11) is -9.85. The number of para-hydroxylation sites is 3. The van der Waals surface area contributed by atoms with Crippen LogP contribution >= 0.6 is 11.3 Å². The first kappa shape index (κ1) is 27.1. The molecule has 0 aliphatic rings.